The highest BCUT2D eigenvalue weighted by Gasteiger charge is 2.28. The van der Waals surface area contributed by atoms with E-state index in [4.69, 9.17) is 4.74 Å². The Balaban J connectivity index is 1.70. The van der Waals surface area contributed by atoms with Gasteiger partial charge in [-0.3, -0.25) is 9.59 Å². The summed E-state index contributed by atoms with van der Waals surface area (Å²) in [5.74, 6) is 0.563. The number of rotatable bonds is 5. The predicted octanol–water partition coefficient (Wildman–Crippen LogP) is 2.77. The summed E-state index contributed by atoms with van der Waals surface area (Å²) in [6.07, 6.45) is 3.63. The van der Waals surface area contributed by atoms with Gasteiger partial charge in [0.15, 0.2) is 6.61 Å². The minimum Gasteiger partial charge on any atom is -0.455 e. The van der Waals surface area contributed by atoms with Crippen molar-refractivity contribution in [1.29, 1.82) is 0 Å². The Bertz CT molecular complexity index is 472. The van der Waals surface area contributed by atoms with E-state index in [0.29, 0.717) is 11.8 Å². The van der Waals surface area contributed by atoms with Crippen LogP contribution in [0.3, 0.4) is 0 Å². The van der Waals surface area contributed by atoms with Crippen LogP contribution in [0.25, 0.3) is 0 Å². The van der Waals surface area contributed by atoms with Crippen LogP contribution in [0.2, 0.25) is 0 Å². The number of carbonyl (C=O) groups is 2. The molecule has 0 spiro atoms. The van der Waals surface area contributed by atoms with Crippen molar-refractivity contribution in [3.8, 4) is 0 Å². The summed E-state index contributed by atoms with van der Waals surface area (Å²) in [4.78, 5) is 24.5. The zero-order valence-electron chi connectivity index (χ0n) is 12.6. The maximum atomic E-state index is 11.9. The fourth-order valence-electron chi connectivity index (χ4n) is 2.79. The SMILES string of the molecule is C[C@H]1[C@H](C)CCC[C@@H]1NC(=O)COC(=O)Cc1cccs1. The lowest BCUT2D eigenvalue weighted by Gasteiger charge is -2.34. The molecule has 0 bridgehead atoms. The number of ether oxygens (including phenoxy) is 1. The molecule has 1 aromatic heterocycles. The van der Waals surface area contributed by atoms with Crippen molar-refractivity contribution in [3.05, 3.63) is 22.4 Å². The van der Waals surface area contributed by atoms with Crippen molar-refractivity contribution in [3.63, 3.8) is 0 Å². The van der Waals surface area contributed by atoms with Gasteiger partial charge in [-0.2, -0.15) is 0 Å². The standard InChI is InChI=1S/C16H23NO3S/c1-11-5-3-7-14(12(11)2)17-15(18)10-20-16(19)9-13-6-4-8-21-13/h4,6,8,11-12,14H,3,5,7,9-10H2,1-2H3,(H,17,18)/t11-,12+,14+/m1/s1. The molecule has 4 nitrogen and oxygen atoms in total. The Morgan fingerprint density at radius 1 is 1.38 bits per heavy atom. The zero-order valence-corrected chi connectivity index (χ0v) is 13.4. The van der Waals surface area contributed by atoms with Crippen LogP contribution >= 0.6 is 11.3 Å². The third-order valence-corrected chi connectivity index (χ3v) is 5.19. The first-order chi connectivity index (χ1) is 10.1. The molecule has 1 aliphatic rings. The average Bonchev–Trinajstić information content (AvgIpc) is 2.94. The highest BCUT2D eigenvalue weighted by Crippen LogP contribution is 2.29. The molecule has 1 aliphatic carbocycles. The first kappa shape index (κ1) is 16.0. The molecule has 5 heteroatoms. The molecule has 1 heterocycles. The molecule has 1 N–H and O–H groups in total. The third kappa shape index (κ3) is 4.84. The summed E-state index contributed by atoms with van der Waals surface area (Å²) >= 11 is 1.51. The zero-order chi connectivity index (χ0) is 15.2. The van der Waals surface area contributed by atoms with E-state index in [0.717, 1.165) is 17.7 Å². The molecule has 2 rings (SSSR count). The lowest BCUT2D eigenvalue weighted by molar-refractivity contribution is -0.148. The maximum Gasteiger partial charge on any atom is 0.311 e. The number of esters is 1. The third-order valence-electron chi connectivity index (χ3n) is 4.32. The Morgan fingerprint density at radius 2 is 2.19 bits per heavy atom. The summed E-state index contributed by atoms with van der Waals surface area (Å²) in [5.41, 5.74) is 0. The van der Waals surface area contributed by atoms with Crippen LogP contribution in [0.15, 0.2) is 17.5 Å². The van der Waals surface area contributed by atoms with E-state index >= 15 is 0 Å². The number of hydrogen-bond donors (Lipinski definition) is 1. The van der Waals surface area contributed by atoms with Crippen molar-refractivity contribution in [2.45, 2.75) is 45.6 Å². The second-order valence-electron chi connectivity index (χ2n) is 5.86. The summed E-state index contributed by atoms with van der Waals surface area (Å²) in [6.45, 7) is 4.23. The van der Waals surface area contributed by atoms with Gasteiger partial charge in [-0.15, -0.1) is 11.3 Å². The molecule has 1 aromatic rings. The van der Waals surface area contributed by atoms with E-state index in [1.807, 2.05) is 17.5 Å². The van der Waals surface area contributed by atoms with Crippen LogP contribution in [0.5, 0.6) is 0 Å². The van der Waals surface area contributed by atoms with Gasteiger partial charge >= 0.3 is 5.97 Å². The number of thiophene rings is 1. The average molecular weight is 309 g/mol. The molecule has 1 saturated carbocycles. The lowest BCUT2D eigenvalue weighted by atomic mass is 9.78. The van der Waals surface area contributed by atoms with Gasteiger partial charge in [0.2, 0.25) is 0 Å². The molecule has 21 heavy (non-hydrogen) atoms. The number of hydrogen-bond acceptors (Lipinski definition) is 4. The second-order valence-corrected chi connectivity index (χ2v) is 6.89. The minimum absolute atomic E-state index is 0.179. The van der Waals surface area contributed by atoms with Gasteiger partial charge < -0.3 is 10.1 Å². The minimum atomic E-state index is -0.349. The second kappa shape index (κ2) is 7.59. The molecule has 1 fully saturated rings. The Kier molecular flexibility index (Phi) is 5.79. The first-order valence-electron chi connectivity index (χ1n) is 7.53. The summed E-state index contributed by atoms with van der Waals surface area (Å²) < 4.78 is 5.04. The number of carbonyl (C=O) groups excluding carboxylic acids is 2. The van der Waals surface area contributed by atoms with E-state index in [1.54, 1.807) is 0 Å². The molecule has 0 saturated heterocycles. The van der Waals surface area contributed by atoms with Crippen LogP contribution in [-0.2, 0) is 20.7 Å². The van der Waals surface area contributed by atoms with Crippen molar-refractivity contribution < 1.29 is 14.3 Å². The van der Waals surface area contributed by atoms with Crippen LogP contribution < -0.4 is 5.32 Å². The summed E-state index contributed by atoms with van der Waals surface area (Å²) in [6, 6.07) is 3.99. The maximum absolute atomic E-state index is 11.9. The van der Waals surface area contributed by atoms with E-state index in [1.165, 1.54) is 17.8 Å². The summed E-state index contributed by atoms with van der Waals surface area (Å²) in [5, 5.41) is 4.92. The summed E-state index contributed by atoms with van der Waals surface area (Å²) in [7, 11) is 0. The molecule has 0 aromatic carbocycles. The van der Waals surface area contributed by atoms with Crippen LogP contribution in [0.1, 0.15) is 38.0 Å². The Morgan fingerprint density at radius 3 is 2.90 bits per heavy atom. The van der Waals surface area contributed by atoms with E-state index in [2.05, 4.69) is 19.2 Å². The smallest absolute Gasteiger partial charge is 0.311 e. The van der Waals surface area contributed by atoms with Crippen molar-refractivity contribution in [2.75, 3.05) is 6.61 Å². The van der Waals surface area contributed by atoms with Gasteiger partial charge in [-0.1, -0.05) is 32.8 Å². The van der Waals surface area contributed by atoms with Crippen LogP contribution in [-0.4, -0.2) is 24.5 Å². The highest BCUT2D eigenvalue weighted by molar-refractivity contribution is 7.10. The predicted molar refractivity (Wildman–Crippen MR) is 83.1 cm³/mol. The van der Waals surface area contributed by atoms with Crippen LogP contribution in [0, 0.1) is 11.8 Å². The van der Waals surface area contributed by atoms with Gasteiger partial charge in [-0.25, -0.2) is 0 Å². The monoisotopic (exact) mass is 309 g/mol. The molecule has 116 valence electrons. The van der Waals surface area contributed by atoms with E-state index in [9.17, 15) is 9.59 Å². The van der Waals surface area contributed by atoms with E-state index < -0.39 is 0 Å². The van der Waals surface area contributed by atoms with Gasteiger partial charge in [0, 0.05) is 10.9 Å². The van der Waals surface area contributed by atoms with Gasteiger partial charge in [-0.05, 0) is 29.7 Å². The largest absolute Gasteiger partial charge is 0.455 e. The Labute approximate surface area is 129 Å². The molecule has 0 unspecified atom stereocenters. The highest BCUT2D eigenvalue weighted by atomic mass is 32.1. The van der Waals surface area contributed by atoms with E-state index in [-0.39, 0.29) is 30.9 Å². The fourth-order valence-corrected chi connectivity index (χ4v) is 3.48. The fraction of sp³-hybridized carbons (Fsp3) is 0.625. The van der Waals surface area contributed by atoms with Crippen LogP contribution in [0.4, 0.5) is 0 Å². The van der Waals surface area contributed by atoms with Crippen molar-refractivity contribution >= 4 is 23.2 Å². The van der Waals surface area contributed by atoms with Crippen molar-refractivity contribution in [2.24, 2.45) is 11.8 Å². The van der Waals surface area contributed by atoms with Crippen molar-refractivity contribution in [1.82, 2.24) is 5.32 Å². The first-order valence-corrected chi connectivity index (χ1v) is 8.41. The van der Waals surface area contributed by atoms with Gasteiger partial charge in [0.25, 0.3) is 5.91 Å². The number of amides is 1. The lowest BCUT2D eigenvalue weighted by Crippen LogP contribution is -2.45. The Hall–Kier alpha value is -1.36. The number of nitrogens with one attached hydrogen (secondary N) is 1. The normalized spacial score (nSPS) is 25.3. The molecular formula is C16H23NO3S. The van der Waals surface area contributed by atoms with Gasteiger partial charge in [0.05, 0.1) is 6.42 Å². The molecular weight excluding hydrogens is 286 g/mol. The topological polar surface area (TPSA) is 55.4 Å². The van der Waals surface area contributed by atoms with Gasteiger partial charge in [0.1, 0.15) is 0 Å². The molecule has 0 aliphatic heterocycles. The molecule has 0 radical (unpaired) electrons. The molecule has 3 atom stereocenters. The quantitative estimate of drug-likeness (QED) is 0.851. The molecule has 1 amide bonds.